The fourth-order valence-electron chi connectivity index (χ4n) is 1.89. The Bertz CT molecular complexity index is 586. The van der Waals surface area contributed by atoms with Crippen LogP contribution in [0.1, 0.15) is 31.7 Å². The highest BCUT2D eigenvalue weighted by Gasteiger charge is 2.25. The lowest BCUT2D eigenvalue weighted by Gasteiger charge is -2.19. The molecule has 0 aliphatic heterocycles. The van der Waals surface area contributed by atoms with Crippen LogP contribution < -0.4 is 0 Å². The van der Waals surface area contributed by atoms with Gasteiger partial charge >= 0.3 is 5.97 Å². The molecule has 0 amide bonds. The summed E-state index contributed by atoms with van der Waals surface area (Å²) < 4.78 is 5.62. The molecule has 2 rings (SSSR count). The highest BCUT2D eigenvalue weighted by molar-refractivity contribution is 7.08. The first-order valence-electron chi connectivity index (χ1n) is 5.95. The summed E-state index contributed by atoms with van der Waals surface area (Å²) in [6.07, 6.45) is 0.525. The van der Waals surface area contributed by atoms with Crippen LogP contribution in [0, 0.1) is 12.3 Å². The van der Waals surface area contributed by atoms with Gasteiger partial charge in [0.05, 0.1) is 12.0 Å². The number of nitrogens with zero attached hydrogens (tertiary/aromatic N) is 2. The second-order valence-corrected chi connectivity index (χ2v) is 6.12. The summed E-state index contributed by atoms with van der Waals surface area (Å²) >= 11 is 1.59. The van der Waals surface area contributed by atoms with Gasteiger partial charge in [0.25, 0.3) is 0 Å². The van der Waals surface area contributed by atoms with Crippen molar-refractivity contribution in [1.29, 1.82) is 0 Å². The van der Waals surface area contributed by atoms with E-state index in [-0.39, 0.29) is 6.42 Å². The Morgan fingerprint density at radius 1 is 1.42 bits per heavy atom. The first-order valence-corrected chi connectivity index (χ1v) is 6.89. The molecule has 0 radical (unpaired) electrons. The number of carboxylic acids is 1. The molecule has 0 aliphatic carbocycles. The molecule has 0 unspecified atom stereocenters. The Hall–Kier alpha value is -1.69. The zero-order valence-corrected chi connectivity index (χ0v) is 12.0. The average Bonchev–Trinajstić information content (AvgIpc) is 2.84. The van der Waals surface area contributed by atoms with E-state index < -0.39 is 11.4 Å². The van der Waals surface area contributed by atoms with E-state index in [4.69, 9.17) is 9.52 Å². The van der Waals surface area contributed by atoms with Gasteiger partial charge in [0.2, 0.25) is 11.8 Å². The van der Waals surface area contributed by atoms with E-state index in [1.807, 2.05) is 31.5 Å². The molecular weight excluding hydrogens is 264 g/mol. The van der Waals surface area contributed by atoms with Crippen LogP contribution in [0.4, 0.5) is 0 Å². The number of aromatic nitrogens is 2. The fraction of sp³-hybridized carbons (Fsp3) is 0.462. The van der Waals surface area contributed by atoms with Crippen molar-refractivity contribution < 1.29 is 14.3 Å². The number of hydrogen-bond donors (Lipinski definition) is 1. The molecule has 0 spiro atoms. The maximum atomic E-state index is 10.8. The van der Waals surface area contributed by atoms with E-state index >= 15 is 0 Å². The summed E-state index contributed by atoms with van der Waals surface area (Å²) in [5.41, 5.74) is 1.64. The van der Waals surface area contributed by atoms with Gasteiger partial charge in [-0.25, -0.2) is 0 Å². The highest BCUT2D eigenvalue weighted by Crippen LogP contribution is 2.29. The monoisotopic (exact) mass is 280 g/mol. The van der Waals surface area contributed by atoms with E-state index in [0.29, 0.717) is 18.2 Å². The molecule has 102 valence electrons. The van der Waals surface area contributed by atoms with Crippen molar-refractivity contribution in [2.24, 2.45) is 5.41 Å². The minimum Gasteiger partial charge on any atom is -0.481 e. The van der Waals surface area contributed by atoms with Crippen LogP contribution in [0.5, 0.6) is 0 Å². The molecule has 5 nitrogen and oxygen atoms in total. The van der Waals surface area contributed by atoms with Gasteiger partial charge in [-0.05, 0) is 23.3 Å². The molecule has 1 N–H and O–H groups in total. The maximum Gasteiger partial charge on any atom is 0.303 e. The highest BCUT2D eigenvalue weighted by atomic mass is 32.1. The number of aryl methyl sites for hydroxylation is 1. The molecule has 0 bridgehead atoms. The van der Waals surface area contributed by atoms with Gasteiger partial charge in [0.15, 0.2) is 0 Å². The first kappa shape index (κ1) is 13.7. The molecular formula is C13H16N2O3S. The summed E-state index contributed by atoms with van der Waals surface area (Å²) in [6.45, 7) is 5.74. The Morgan fingerprint density at radius 2 is 2.16 bits per heavy atom. The molecule has 0 atom stereocenters. The summed E-state index contributed by atoms with van der Waals surface area (Å²) in [5, 5.41) is 20.9. The van der Waals surface area contributed by atoms with Crippen LogP contribution in [-0.2, 0) is 11.2 Å². The lowest BCUT2D eigenvalue weighted by molar-refractivity contribution is -0.139. The van der Waals surface area contributed by atoms with Gasteiger partial charge in [-0.1, -0.05) is 13.8 Å². The Morgan fingerprint density at radius 3 is 2.74 bits per heavy atom. The van der Waals surface area contributed by atoms with Gasteiger partial charge in [0.1, 0.15) is 0 Å². The largest absolute Gasteiger partial charge is 0.481 e. The van der Waals surface area contributed by atoms with E-state index in [1.165, 1.54) is 0 Å². The molecule has 2 aromatic heterocycles. The molecule has 19 heavy (non-hydrogen) atoms. The lowest BCUT2D eigenvalue weighted by Crippen LogP contribution is -2.19. The van der Waals surface area contributed by atoms with Crippen molar-refractivity contribution in [2.45, 2.75) is 33.6 Å². The fourth-order valence-corrected chi connectivity index (χ4v) is 2.72. The van der Waals surface area contributed by atoms with Gasteiger partial charge in [-0.3, -0.25) is 4.79 Å². The van der Waals surface area contributed by atoms with E-state index in [9.17, 15) is 4.79 Å². The predicted molar refractivity (Wildman–Crippen MR) is 72.1 cm³/mol. The zero-order chi connectivity index (χ0) is 14.0. The van der Waals surface area contributed by atoms with Crippen molar-refractivity contribution in [1.82, 2.24) is 10.2 Å². The third kappa shape index (κ3) is 3.41. The number of hydrogen-bond acceptors (Lipinski definition) is 5. The molecule has 2 heterocycles. The van der Waals surface area contributed by atoms with Crippen LogP contribution in [0.15, 0.2) is 15.2 Å². The van der Waals surface area contributed by atoms with Gasteiger partial charge < -0.3 is 9.52 Å². The number of aliphatic carboxylic acids is 1. The van der Waals surface area contributed by atoms with Crippen LogP contribution in [0.25, 0.3) is 11.5 Å². The third-order valence-electron chi connectivity index (χ3n) is 2.81. The van der Waals surface area contributed by atoms with Crippen molar-refractivity contribution in [3.05, 3.63) is 22.2 Å². The van der Waals surface area contributed by atoms with Crippen molar-refractivity contribution in [3.8, 4) is 11.5 Å². The molecule has 0 aromatic carbocycles. The molecule has 0 fully saturated rings. The summed E-state index contributed by atoms with van der Waals surface area (Å²) in [6, 6.07) is 0. The molecule has 0 aliphatic rings. The topological polar surface area (TPSA) is 76.2 Å². The standard InChI is InChI=1S/C13H16N2O3S/c1-8-6-19-7-9(8)12-15-14-10(18-12)4-13(2,3)5-11(16)17/h6-7H,4-5H2,1-3H3,(H,16,17). The molecule has 0 saturated heterocycles. The van der Waals surface area contributed by atoms with Crippen LogP contribution in [0.2, 0.25) is 0 Å². The van der Waals surface area contributed by atoms with Crippen molar-refractivity contribution in [3.63, 3.8) is 0 Å². The minimum absolute atomic E-state index is 0.0716. The van der Waals surface area contributed by atoms with Gasteiger partial charge in [-0.15, -0.1) is 10.2 Å². The SMILES string of the molecule is Cc1cscc1-c1nnc(CC(C)(C)CC(=O)O)o1. The third-order valence-corrected chi connectivity index (χ3v) is 3.67. The molecule has 6 heteroatoms. The number of rotatable bonds is 5. The quantitative estimate of drug-likeness (QED) is 0.910. The summed E-state index contributed by atoms with van der Waals surface area (Å²) in [4.78, 5) is 10.8. The average molecular weight is 280 g/mol. The Balaban J connectivity index is 2.14. The van der Waals surface area contributed by atoms with Gasteiger partial charge in [0, 0.05) is 11.8 Å². The lowest BCUT2D eigenvalue weighted by atomic mass is 9.86. The predicted octanol–water partition coefficient (Wildman–Crippen LogP) is 3.15. The zero-order valence-electron chi connectivity index (χ0n) is 11.1. The second-order valence-electron chi connectivity index (χ2n) is 5.38. The number of thiophene rings is 1. The first-order chi connectivity index (χ1) is 8.87. The van der Waals surface area contributed by atoms with Gasteiger partial charge in [-0.2, -0.15) is 11.3 Å². The maximum absolute atomic E-state index is 10.8. The summed E-state index contributed by atoms with van der Waals surface area (Å²) in [7, 11) is 0. The normalized spacial score (nSPS) is 11.7. The second kappa shape index (κ2) is 5.13. The number of carboxylic acid groups (broad SMARTS) is 1. The van der Waals surface area contributed by atoms with Crippen LogP contribution in [0.3, 0.4) is 0 Å². The molecule has 0 saturated carbocycles. The molecule has 2 aromatic rings. The van der Waals surface area contributed by atoms with Crippen molar-refractivity contribution in [2.75, 3.05) is 0 Å². The van der Waals surface area contributed by atoms with E-state index in [0.717, 1.165) is 11.1 Å². The van der Waals surface area contributed by atoms with Crippen LogP contribution in [-0.4, -0.2) is 21.3 Å². The summed E-state index contributed by atoms with van der Waals surface area (Å²) in [5.74, 6) is 0.158. The smallest absolute Gasteiger partial charge is 0.303 e. The number of carbonyl (C=O) groups is 1. The van der Waals surface area contributed by atoms with E-state index in [2.05, 4.69) is 10.2 Å². The van der Waals surface area contributed by atoms with E-state index in [1.54, 1.807) is 11.3 Å². The van der Waals surface area contributed by atoms with Crippen LogP contribution >= 0.6 is 11.3 Å². The minimum atomic E-state index is -0.821. The Kier molecular flexibility index (Phi) is 3.71. The van der Waals surface area contributed by atoms with Crippen molar-refractivity contribution >= 4 is 17.3 Å². The Labute approximate surface area is 115 Å².